The molecule has 2 heteroatoms. The first-order chi connectivity index (χ1) is 3.85. The number of halogens is 1. The minimum absolute atomic E-state index is 0.299. The van der Waals surface area contributed by atoms with Crippen molar-refractivity contribution in [3.05, 3.63) is 12.7 Å². The minimum Gasteiger partial charge on any atom is -0.380 e. The third kappa shape index (κ3) is 3.22. The molecule has 0 spiro atoms. The van der Waals surface area contributed by atoms with Crippen LogP contribution in [-0.4, -0.2) is 18.5 Å². The third-order valence-electron chi connectivity index (χ3n) is 0.935. The van der Waals surface area contributed by atoms with Gasteiger partial charge in [-0.1, -0.05) is 22.0 Å². The van der Waals surface area contributed by atoms with Crippen LogP contribution in [-0.2, 0) is 4.74 Å². The van der Waals surface area contributed by atoms with Gasteiger partial charge in [-0.25, -0.2) is 0 Å². The van der Waals surface area contributed by atoms with Crippen molar-refractivity contribution in [2.45, 2.75) is 12.5 Å². The molecule has 0 aromatic heterocycles. The van der Waals surface area contributed by atoms with Gasteiger partial charge in [-0.3, -0.25) is 0 Å². The van der Waals surface area contributed by atoms with Gasteiger partial charge in [0.2, 0.25) is 0 Å². The monoisotopic (exact) mass is 178 g/mol. The second-order valence-electron chi connectivity index (χ2n) is 1.54. The number of alkyl halides is 1. The Morgan fingerprint density at radius 1 is 1.88 bits per heavy atom. The first-order valence-corrected chi connectivity index (χ1v) is 3.67. The van der Waals surface area contributed by atoms with Gasteiger partial charge in [0, 0.05) is 12.4 Å². The van der Waals surface area contributed by atoms with E-state index >= 15 is 0 Å². The molecule has 0 rings (SSSR count). The normalized spacial score (nSPS) is 13.2. The minimum atomic E-state index is 0.299. The van der Waals surface area contributed by atoms with Crippen LogP contribution in [0.1, 0.15) is 6.42 Å². The van der Waals surface area contributed by atoms with Crippen molar-refractivity contribution >= 4 is 15.9 Å². The number of ether oxygens (including phenoxy) is 1. The molecule has 0 heterocycles. The summed E-state index contributed by atoms with van der Waals surface area (Å²) >= 11 is 3.30. The van der Waals surface area contributed by atoms with Crippen molar-refractivity contribution in [2.24, 2.45) is 0 Å². The third-order valence-corrected chi connectivity index (χ3v) is 1.66. The summed E-state index contributed by atoms with van der Waals surface area (Å²) in [7, 11) is 1.70. The smallest absolute Gasteiger partial charge is 0.0702 e. The average molecular weight is 179 g/mol. The molecule has 0 aliphatic rings. The van der Waals surface area contributed by atoms with E-state index in [2.05, 4.69) is 22.5 Å². The molecule has 1 atom stereocenters. The molecule has 0 saturated carbocycles. The quantitative estimate of drug-likeness (QED) is 0.473. The standard InChI is InChI=1S/C6H11BrO/c1-3-4-6(5-7)8-2/h3,6H,1,4-5H2,2H3. The van der Waals surface area contributed by atoms with Crippen LogP contribution in [0.3, 0.4) is 0 Å². The zero-order valence-electron chi connectivity index (χ0n) is 5.06. The summed E-state index contributed by atoms with van der Waals surface area (Å²) in [6.45, 7) is 3.60. The van der Waals surface area contributed by atoms with Crippen molar-refractivity contribution in [1.29, 1.82) is 0 Å². The summed E-state index contributed by atoms with van der Waals surface area (Å²) in [5.74, 6) is 0. The number of hydrogen-bond acceptors (Lipinski definition) is 1. The highest BCUT2D eigenvalue weighted by atomic mass is 79.9. The summed E-state index contributed by atoms with van der Waals surface area (Å²) in [6.07, 6.45) is 3.07. The van der Waals surface area contributed by atoms with Crippen LogP contribution in [0.15, 0.2) is 12.7 Å². The molecule has 0 amide bonds. The molecule has 0 saturated heterocycles. The molecule has 48 valence electrons. The van der Waals surface area contributed by atoms with E-state index in [-0.39, 0.29) is 0 Å². The second-order valence-corrected chi connectivity index (χ2v) is 2.18. The predicted molar refractivity (Wildman–Crippen MR) is 39.4 cm³/mol. The van der Waals surface area contributed by atoms with Crippen LogP contribution in [0.25, 0.3) is 0 Å². The van der Waals surface area contributed by atoms with Gasteiger partial charge in [-0.2, -0.15) is 0 Å². The lowest BCUT2D eigenvalue weighted by Gasteiger charge is -2.06. The summed E-state index contributed by atoms with van der Waals surface area (Å²) < 4.78 is 5.02. The first kappa shape index (κ1) is 8.18. The van der Waals surface area contributed by atoms with Gasteiger partial charge in [-0.05, 0) is 6.42 Å². The molecule has 0 aliphatic carbocycles. The topological polar surface area (TPSA) is 9.23 Å². The van der Waals surface area contributed by atoms with Crippen LogP contribution in [0.5, 0.6) is 0 Å². The summed E-state index contributed by atoms with van der Waals surface area (Å²) in [4.78, 5) is 0. The lowest BCUT2D eigenvalue weighted by molar-refractivity contribution is 0.126. The molecular formula is C6H11BrO. The van der Waals surface area contributed by atoms with E-state index in [4.69, 9.17) is 4.74 Å². The second kappa shape index (κ2) is 5.32. The van der Waals surface area contributed by atoms with E-state index in [0.29, 0.717) is 6.10 Å². The fourth-order valence-electron chi connectivity index (χ4n) is 0.408. The van der Waals surface area contributed by atoms with Gasteiger partial charge in [0.1, 0.15) is 0 Å². The molecule has 1 nitrogen and oxygen atoms in total. The molecule has 8 heavy (non-hydrogen) atoms. The van der Waals surface area contributed by atoms with E-state index in [9.17, 15) is 0 Å². The van der Waals surface area contributed by atoms with Crippen molar-refractivity contribution in [1.82, 2.24) is 0 Å². The molecule has 0 radical (unpaired) electrons. The summed E-state index contributed by atoms with van der Waals surface area (Å²) in [5.41, 5.74) is 0. The largest absolute Gasteiger partial charge is 0.380 e. The van der Waals surface area contributed by atoms with E-state index in [0.717, 1.165) is 11.8 Å². The Kier molecular flexibility index (Phi) is 5.44. The van der Waals surface area contributed by atoms with Crippen LogP contribution in [0, 0.1) is 0 Å². The zero-order chi connectivity index (χ0) is 6.41. The van der Waals surface area contributed by atoms with Crippen molar-refractivity contribution in [2.75, 3.05) is 12.4 Å². The van der Waals surface area contributed by atoms with Crippen molar-refractivity contribution in [3.8, 4) is 0 Å². The Morgan fingerprint density at radius 3 is 2.62 bits per heavy atom. The van der Waals surface area contributed by atoms with E-state index in [1.54, 1.807) is 7.11 Å². The van der Waals surface area contributed by atoms with E-state index in [1.165, 1.54) is 0 Å². The van der Waals surface area contributed by atoms with Crippen LogP contribution in [0.4, 0.5) is 0 Å². The molecule has 0 aromatic rings. The fraction of sp³-hybridized carbons (Fsp3) is 0.667. The molecule has 0 fully saturated rings. The Morgan fingerprint density at radius 2 is 2.50 bits per heavy atom. The maximum Gasteiger partial charge on any atom is 0.0702 e. The molecule has 0 bridgehead atoms. The van der Waals surface area contributed by atoms with Crippen molar-refractivity contribution in [3.63, 3.8) is 0 Å². The first-order valence-electron chi connectivity index (χ1n) is 2.54. The predicted octanol–water partition coefficient (Wildman–Crippen LogP) is 1.97. The lowest BCUT2D eigenvalue weighted by Crippen LogP contribution is -2.09. The Hall–Kier alpha value is 0.180. The lowest BCUT2D eigenvalue weighted by atomic mass is 10.3. The summed E-state index contributed by atoms with van der Waals surface area (Å²) in [5, 5.41) is 0.884. The van der Waals surface area contributed by atoms with E-state index < -0.39 is 0 Å². The zero-order valence-corrected chi connectivity index (χ0v) is 6.65. The fourth-order valence-corrected chi connectivity index (χ4v) is 0.937. The van der Waals surface area contributed by atoms with Gasteiger partial charge in [0.15, 0.2) is 0 Å². The maximum atomic E-state index is 5.02. The van der Waals surface area contributed by atoms with E-state index in [1.807, 2.05) is 6.08 Å². The highest BCUT2D eigenvalue weighted by Gasteiger charge is 1.99. The molecule has 0 aliphatic heterocycles. The van der Waals surface area contributed by atoms with Crippen LogP contribution >= 0.6 is 15.9 Å². The number of hydrogen-bond donors (Lipinski definition) is 0. The average Bonchev–Trinajstić information content (AvgIpc) is 1.83. The Balaban J connectivity index is 3.20. The molecule has 1 unspecified atom stereocenters. The van der Waals surface area contributed by atoms with Crippen LogP contribution in [0.2, 0.25) is 0 Å². The number of methoxy groups -OCH3 is 1. The Bertz CT molecular complexity index is 59.5. The molecule has 0 N–H and O–H groups in total. The molecular weight excluding hydrogens is 168 g/mol. The van der Waals surface area contributed by atoms with Gasteiger partial charge >= 0.3 is 0 Å². The summed E-state index contributed by atoms with van der Waals surface area (Å²) in [6, 6.07) is 0. The highest BCUT2D eigenvalue weighted by Crippen LogP contribution is 2.00. The van der Waals surface area contributed by atoms with Gasteiger partial charge in [0.05, 0.1) is 6.10 Å². The van der Waals surface area contributed by atoms with Gasteiger partial charge < -0.3 is 4.74 Å². The Labute approximate surface area is 58.9 Å². The van der Waals surface area contributed by atoms with Gasteiger partial charge in [0.25, 0.3) is 0 Å². The number of rotatable bonds is 4. The molecule has 0 aromatic carbocycles. The highest BCUT2D eigenvalue weighted by molar-refractivity contribution is 9.09. The van der Waals surface area contributed by atoms with Crippen molar-refractivity contribution < 1.29 is 4.74 Å². The maximum absolute atomic E-state index is 5.02. The van der Waals surface area contributed by atoms with Crippen LogP contribution < -0.4 is 0 Å². The SMILES string of the molecule is C=CCC(CBr)OC. The van der Waals surface area contributed by atoms with Gasteiger partial charge in [-0.15, -0.1) is 6.58 Å².